The number of rotatable bonds is 4. The Morgan fingerprint density at radius 2 is 1.79 bits per heavy atom. The fourth-order valence-electron chi connectivity index (χ4n) is 2.96. The molecule has 0 saturated heterocycles. The van der Waals surface area contributed by atoms with E-state index >= 15 is 0 Å². The molecule has 0 aliphatic carbocycles. The van der Waals surface area contributed by atoms with E-state index in [0.717, 1.165) is 23.2 Å². The van der Waals surface area contributed by atoms with Crippen LogP contribution in [0, 0.1) is 0 Å². The first kappa shape index (κ1) is 16.2. The second-order valence-corrected chi connectivity index (χ2v) is 6.25. The second kappa shape index (κ2) is 6.87. The standard InChI is InChI=1S/C20H22N2O2/c1-3-14-4-6-15(7-5-14)13-22(2)20(24)17-8-10-18-16(12-17)9-11-19(23)21-18/h4-8,10,12H,3,9,11,13H2,1-2H3,(H,21,23). The minimum atomic E-state index is -0.00531. The van der Waals surface area contributed by atoms with E-state index in [4.69, 9.17) is 0 Å². The molecule has 0 bridgehead atoms. The van der Waals surface area contributed by atoms with Crippen molar-refractivity contribution in [3.8, 4) is 0 Å². The van der Waals surface area contributed by atoms with E-state index in [9.17, 15) is 9.59 Å². The van der Waals surface area contributed by atoms with Gasteiger partial charge in [-0.1, -0.05) is 31.2 Å². The van der Waals surface area contributed by atoms with Crippen LogP contribution < -0.4 is 5.32 Å². The summed E-state index contributed by atoms with van der Waals surface area (Å²) < 4.78 is 0. The molecular weight excluding hydrogens is 300 g/mol. The lowest BCUT2D eigenvalue weighted by atomic mass is 10.00. The highest BCUT2D eigenvalue weighted by molar-refractivity contribution is 5.97. The molecule has 0 atom stereocenters. The molecular formula is C20H22N2O2. The van der Waals surface area contributed by atoms with Crippen LogP contribution in [0.3, 0.4) is 0 Å². The largest absolute Gasteiger partial charge is 0.337 e. The van der Waals surface area contributed by atoms with Crippen LogP contribution >= 0.6 is 0 Å². The summed E-state index contributed by atoms with van der Waals surface area (Å²) in [6.45, 7) is 2.71. The summed E-state index contributed by atoms with van der Waals surface area (Å²) in [6, 6.07) is 13.9. The van der Waals surface area contributed by atoms with Gasteiger partial charge in [-0.3, -0.25) is 9.59 Å². The number of carbonyl (C=O) groups is 2. The molecule has 3 rings (SSSR count). The van der Waals surface area contributed by atoms with E-state index in [0.29, 0.717) is 24.9 Å². The molecule has 24 heavy (non-hydrogen) atoms. The Kier molecular flexibility index (Phi) is 4.65. The number of carbonyl (C=O) groups excluding carboxylic acids is 2. The van der Waals surface area contributed by atoms with E-state index in [1.165, 1.54) is 5.56 Å². The Bertz CT molecular complexity index is 766. The SMILES string of the molecule is CCc1ccc(CN(C)C(=O)c2ccc3c(c2)CCC(=O)N3)cc1. The fourth-order valence-corrected chi connectivity index (χ4v) is 2.96. The van der Waals surface area contributed by atoms with Crippen molar-refractivity contribution in [3.63, 3.8) is 0 Å². The van der Waals surface area contributed by atoms with Crippen LogP contribution in [-0.2, 0) is 24.2 Å². The fraction of sp³-hybridized carbons (Fsp3) is 0.300. The van der Waals surface area contributed by atoms with Gasteiger partial charge in [-0.15, -0.1) is 0 Å². The molecule has 1 aliphatic rings. The van der Waals surface area contributed by atoms with Crippen molar-refractivity contribution in [2.45, 2.75) is 32.7 Å². The smallest absolute Gasteiger partial charge is 0.253 e. The van der Waals surface area contributed by atoms with E-state index in [1.807, 2.05) is 19.2 Å². The van der Waals surface area contributed by atoms with Crippen molar-refractivity contribution in [2.75, 3.05) is 12.4 Å². The molecule has 124 valence electrons. The zero-order valence-electron chi connectivity index (χ0n) is 14.1. The predicted octanol–water partition coefficient (Wildman–Crippen LogP) is 3.41. The van der Waals surface area contributed by atoms with Gasteiger partial charge in [0.1, 0.15) is 0 Å². The van der Waals surface area contributed by atoms with Gasteiger partial charge in [0.05, 0.1) is 0 Å². The number of aryl methyl sites for hydroxylation is 2. The summed E-state index contributed by atoms with van der Waals surface area (Å²) in [4.78, 5) is 25.8. The van der Waals surface area contributed by atoms with Gasteiger partial charge in [0, 0.05) is 31.3 Å². The first-order chi connectivity index (χ1) is 11.6. The van der Waals surface area contributed by atoms with Crippen molar-refractivity contribution in [3.05, 3.63) is 64.7 Å². The summed E-state index contributed by atoms with van der Waals surface area (Å²) in [5.74, 6) is 0.0310. The van der Waals surface area contributed by atoms with Gasteiger partial charge in [-0.05, 0) is 47.7 Å². The van der Waals surface area contributed by atoms with Gasteiger partial charge in [-0.2, -0.15) is 0 Å². The quantitative estimate of drug-likeness (QED) is 0.938. The van der Waals surface area contributed by atoms with Crippen molar-refractivity contribution in [1.82, 2.24) is 4.90 Å². The summed E-state index contributed by atoms with van der Waals surface area (Å²) in [7, 11) is 1.82. The third-order valence-electron chi connectivity index (χ3n) is 4.45. The highest BCUT2D eigenvalue weighted by Crippen LogP contribution is 2.24. The molecule has 2 aromatic rings. The first-order valence-corrected chi connectivity index (χ1v) is 8.33. The van der Waals surface area contributed by atoms with Gasteiger partial charge >= 0.3 is 0 Å². The molecule has 1 heterocycles. The zero-order chi connectivity index (χ0) is 17.1. The highest BCUT2D eigenvalue weighted by atomic mass is 16.2. The van der Waals surface area contributed by atoms with Gasteiger partial charge in [-0.25, -0.2) is 0 Å². The lowest BCUT2D eigenvalue weighted by Crippen LogP contribution is -2.27. The van der Waals surface area contributed by atoms with Crippen molar-refractivity contribution >= 4 is 17.5 Å². The number of hydrogen-bond acceptors (Lipinski definition) is 2. The summed E-state index contributed by atoms with van der Waals surface area (Å²) >= 11 is 0. The molecule has 1 aliphatic heterocycles. The van der Waals surface area contributed by atoms with Gasteiger partial charge in [0.2, 0.25) is 5.91 Å². The number of hydrogen-bond donors (Lipinski definition) is 1. The third kappa shape index (κ3) is 3.48. The van der Waals surface area contributed by atoms with Gasteiger partial charge in [0.25, 0.3) is 5.91 Å². The Morgan fingerprint density at radius 3 is 2.50 bits per heavy atom. The topological polar surface area (TPSA) is 49.4 Å². The van der Waals surface area contributed by atoms with E-state index in [1.54, 1.807) is 11.0 Å². The third-order valence-corrected chi connectivity index (χ3v) is 4.45. The average molecular weight is 322 g/mol. The molecule has 4 heteroatoms. The number of amides is 2. The Morgan fingerprint density at radius 1 is 1.08 bits per heavy atom. The highest BCUT2D eigenvalue weighted by Gasteiger charge is 2.18. The lowest BCUT2D eigenvalue weighted by Gasteiger charge is -2.20. The summed E-state index contributed by atoms with van der Waals surface area (Å²) in [5.41, 5.74) is 4.93. The van der Waals surface area contributed by atoms with Gasteiger partial charge < -0.3 is 10.2 Å². The maximum atomic E-state index is 12.7. The minimum Gasteiger partial charge on any atom is -0.337 e. The van der Waals surface area contributed by atoms with Crippen LogP contribution in [0.1, 0.15) is 40.4 Å². The summed E-state index contributed by atoms with van der Waals surface area (Å²) in [6.07, 6.45) is 2.18. The van der Waals surface area contributed by atoms with Crippen LogP contribution in [0.15, 0.2) is 42.5 Å². The van der Waals surface area contributed by atoms with Crippen LogP contribution in [0.25, 0.3) is 0 Å². The normalized spacial score (nSPS) is 13.2. The maximum absolute atomic E-state index is 12.7. The summed E-state index contributed by atoms with van der Waals surface area (Å²) in [5, 5.41) is 2.84. The average Bonchev–Trinajstić information content (AvgIpc) is 2.61. The van der Waals surface area contributed by atoms with E-state index < -0.39 is 0 Å². The van der Waals surface area contributed by atoms with E-state index in [2.05, 4.69) is 36.5 Å². The van der Waals surface area contributed by atoms with Crippen molar-refractivity contribution in [2.24, 2.45) is 0 Å². The van der Waals surface area contributed by atoms with Crippen LogP contribution in [-0.4, -0.2) is 23.8 Å². The first-order valence-electron chi connectivity index (χ1n) is 8.33. The lowest BCUT2D eigenvalue weighted by molar-refractivity contribution is -0.116. The molecule has 2 aromatic carbocycles. The molecule has 0 saturated carbocycles. The molecule has 0 radical (unpaired) electrons. The number of anilines is 1. The molecule has 0 fully saturated rings. The Balaban J connectivity index is 1.72. The van der Waals surface area contributed by atoms with Crippen LogP contribution in [0.2, 0.25) is 0 Å². The number of benzene rings is 2. The zero-order valence-corrected chi connectivity index (χ0v) is 14.1. The Labute approximate surface area is 142 Å². The number of fused-ring (bicyclic) bond motifs is 1. The molecule has 4 nitrogen and oxygen atoms in total. The van der Waals surface area contributed by atoms with E-state index in [-0.39, 0.29) is 11.8 Å². The van der Waals surface area contributed by atoms with Crippen LogP contribution in [0.4, 0.5) is 5.69 Å². The van der Waals surface area contributed by atoms with Crippen molar-refractivity contribution in [1.29, 1.82) is 0 Å². The molecule has 1 N–H and O–H groups in total. The van der Waals surface area contributed by atoms with Crippen LogP contribution in [0.5, 0.6) is 0 Å². The number of nitrogens with one attached hydrogen (secondary N) is 1. The predicted molar refractivity (Wildman–Crippen MR) is 95.0 cm³/mol. The second-order valence-electron chi connectivity index (χ2n) is 6.25. The van der Waals surface area contributed by atoms with Gasteiger partial charge in [0.15, 0.2) is 0 Å². The Hall–Kier alpha value is -2.62. The molecule has 0 aromatic heterocycles. The monoisotopic (exact) mass is 322 g/mol. The van der Waals surface area contributed by atoms with Crippen molar-refractivity contribution < 1.29 is 9.59 Å². The number of nitrogens with zero attached hydrogens (tertiary/aromatic N) is 1. The molecule has 0 unspecified atom stereocenters. The molecule has 0 spiro atoms. The molecule has 2 amide bonds. The minimum absolute atomic E-state index is 0.00531. The maximum Gasteiger partial charge on any atom is 0.253 e.